The van der Waals surface area contributed by atoms with Crippen LogP contribution in [-0.4, -0.2) is 20.9 Å². The van der Waals surface area contributed by atoms with Gasteiger partial charge in [-0.25, -0.2) is 4.68 Å². The summed E-state index contributed by atoms with van der Waals surface area (Å²) >= 11 is 0. The van der Waals surface area contributed by atoms with E-state index in [9.17, 15) is 18.0 Å². The fourth-order valence-corrected chi connectivity index (χ4v) is 1.39. The second kappa shape index (κ2) is 3.36. The van der Waals surface area contributed by atoms with E-state index in [1.165, 1.54) is 18.5 Å². The van der Waals surface area contributed by atoms with Gasteiger partial charge < -0.3 is 4.98 Å². The van der Waals surface area contributed by atoms with Crippen LogP contribution >= 0.6 is 0 Å². The molecular formula is C9H8F3N3O. The number of hydrogen-bond donors (Lipinski definition) is 1. The molecule has 0 amide bonds. The highest BCUT2D eigenvalue weighted by molar-refractivity contribution is 5.76. The largest absolute Gasteiger partial charge is 0.410 e. The number of rotatable bonds is 1. The van der Waals surface area contributed by atoms with Crippen LogP contribution in [0.5, 0.6) is 0 Å². The molecule has 7 heteroatoms. The summed E-state index contributed by atoms with van der Waals surface area (Å²) in [6, 6.07) is -0.502. The summed E-state index contributed by atoms with van der Waals surface area (Å²) in [7, 11) is 0. The third kappa shape index (κ3) is 1.58. The van der Waals surface area contributed by atoms with E-state index >= 15 is 0 Å². The van der Waals surface area contributed by atoms with Crippen LogP contribution in [0.4, 0.5) is 13.2 Å². The minimum Gasteiger partial charge on any atom is -0.360 e. The Bertz CT molecular complexity index is 569. The predicted molar refractivity (Wildman–Crippen MR) is 51.1 cm³/mol. The van der Waals surface area contributed by atoms with Crippen LogP contribution in [0, 0.1) is 0 Å². The molecule has 2 rings (SSSR count). The molecule has 2 aromatic rings. The van der Waals surface area contributed by atoms with Crippen LogP contribution in [-0.2, 0) is 0 Å². The standard InChI is InChI=1S/C9H8F3N3O/c1-5(9(10,11)12)15-8(16)6-2-3-13-7(6)4-14-15/h2-5,13H,1H3. The minimum absolute atomic E-state index is 0.200. The topological polar surface area (TPSA) is 50.7 Å². The van der Waals surface area contributed by atoms with E-state index in [1.54, 1.807) is 0 Å². The Balaban J connectivity index is 2.62. The fourth-order valence-electron chi connectivity index (χ4n) is 1.39. The monoisotopic (exact) mass is 231 g/mol. The van der Waals surface area contributed by atoms with Gasteiger partial charge in [-0.3, -0.25) is 4.79 Å². The molecule has 1 atom stereocenters. The smallest absolute Gasteiger partial charge is 0.360 e. The van der Waals surface area contributed by atoms with Crippen LogP contribution in [0.2, 0.25) is 0 Å². The summed E-state index contributed by atoms with van der Waals surface area (Å²) in [4.78, 5) is 14.4. The van der Waals surface area contributed by atoms with Gasteiger partial charge in [0.15, 0.2) is 0 Å². The molecule has 1 unspecified atom stereocenters. The molecule has 0 fully saturated rings. The van der Waals surface area contributed by atoms with Crippen LogP contribution in [0.1, 0.15) is 13.0 Å². The molecule has 16 heavy (non-hydrogen) atoms. The molecule has 1 N–H and O–H groups in total. The minimum atomic E-state index is -4.49. The lowest BCUT2D eigenvalue weighted by molar-refractivity contribution is -0.166. The van der Waals surface area contributed by atoms with Crippen LogP contribution < -0.4 is 5.56 Å². The molecule has 0 aliphatic rings. The molecule has 0 aromatic carbocycles. The van der Waals surface area contributed by atoms with Crippen LogP contribution in [0.15, 0.2) is 23.3 Å². The lowest BCUT2D eigenvalue weighted by Gasteiger charge is -2.16. The highest BCUT2D eigenvalue weighted by Gasteiger charge is 2.38. The van der Waals surface area contributed by atoms with Gasteiger partial charge in [0.1, 0.15) is 6.04 Å². The molecule has 0 spiro atoms. The highest BCUT2D eigenvalue weighted by Crippen LogP contribution is 2.28. The molecular weight excluding hydrogens is 223 g/mol. The Hall–Kier alpha value is -1.79. The number of nitrogens with one attached hydrogen (secondary N) is 1. The van der Waals surface area contributed by atoms with Crippen molar-refractivity contribution in [1.82, 2.24) is 14.8 Å². The van der Waals surface area contributed by atoms with Crippen molar-refractivity contribution in [2.45, 2.75) is 19.1 Å². The van der Waals surface area contributed by atoms with Crippen LogP contribution in [0.25, 0.3) is 10.9 Å². The summed E-state index contributed by atoms with van der Waals surface area (Å²) in [5.41, 5.74) is -0.320. The van der Waals surface area contributed by atoms with Gasteiger partial charge >= 0.3 is 6.18 Å². The zero-order chi connectivity index (χ0) is 11.9. The van der Waals surface area contributed by atoms with E-state index in [4.69, 9.17) is 0 Å². The number of alkyl halides is 3. The van der Waals surface area contributed by atoms with Gasteiger partial charge in [0.2, 0.25) is 0 Å². The summed E-state index contributed by atoms with van der Waals surface area (Å²) in [5, 5.41) is 3.70. The third-order valence-corrected chi connectivity index (χ3v) is 2.37. The number of nitrogens with zero attached hydrogens (tertiary/aromatic N) is 2. The number of H-pyrrole nitrogens is 1. The summed E-state index contributed by atoms with van der Waals surface area (Å²) in [5.74, 6) is 0. The highest BCUT2D eigenvalue weighted by atomic mass is 19.4. The van der Waals surface area contributed by atoms with Crippen molar-refractivity contribution in [2.24, 2.45) is 0 Å². The average Bonchev–Trinajstić information content (AvgIpc) is 2.64. The van der Waals surface area contributed by atoms with Crippen molar-refractivity contribution in [1.29, 1.82) is 0 Å². The van der Waals surface area contributed by atoms with Gasteiger partial charge in [-0.1, -0.05) is 0 Å². The molecule has 0 radical (unpaired) electrons. The van der Waals surface area contributed by atoms with Crippen molar-refractivity contribution >= 4 is 10.9 Å². The average molecular weight is 231 g/mol. The maximum absolute atomic E-state index is 12.4. The lowest BCUT2D eigenvalue weighted by atomic mass is 10.3. The van der Waals surface area contributed by atoms with Gasteiger partial charge in [-0.2, -0.15) is 18.3 Å². The Morgan fingerprint density at radius 2 is 2.19 bits per heavy atom. The van der Waals surface area contributed by atoms with E-state index in [1.807, 2.05) is 0 Å². The van der Waals surface area contributed by atoms with Crippen molar-refractivity contribution in [3.8, 4) is 0 Å². The van der Waals surface area contributed by atoms with Gasteiger partial charge in [-0.15, -0.1) is 0 Å². The molecule has 0 aliphatic heterocycles. The first-order chi connectivity index (χ1) is 7.41. The second-order valence-electron chi connectivity index (χ2n) is 3.42. The normalized spacial score (nSPS) is 14.2. The molecule has 2 heterocycles. The molecule has 0 aliphatic carbocycles. The Morgan fingerprint density at radius 1 is 1.50 bits per heavy atom. The lowest BCUT2D eigenvalue weighted by Crippen LogP contribution is -2.34. The summed E-state index contributed by atoms with van der Waals surface area (Å²) in [6.45, 7) is 0.896. The molecule has 0 bridgehead atoms. The van der Waals surface area contributed by atoms with Crippen LogP contribution in [0.3, 0.4) is 0 Å². The molecule has 0 saturated carbocycles. The van der Waals surface area contributed by atoms with E-state index in [2.05, 4.69) is 10.1 Å². The number of aromatic amines is 1. The third-order valence-electron chi connectivity index (χ3n) is 2.37. The maximum Gasteiger partial charge on any atom is 0.410 e. The van der Waals surface area contributed by atoms with E-state index in [0.29, 0.717) is 10.2 Å². The number of hydrogen-bond acceptors (Lipinski definition) is 2. The Labute approximate surface area is 87.7 Å². The second-order valence-corrected chi connectivity index (χ2v) is 3.42. The fraction of sp³-hybridized carbons (Fsp3) is 0.333. The molecule has 86 valence electrons. The Kier molecular flexibility index (Phi) is 2.25. The van der Waals surface area contributed by atoms with Gasteiger partial charge in [-0.05, 0) is 13.0 Å². The first kappa shape index (κ1) is 10.7. The van der Waals surface area contributed by atoms with E-state index < -0.39 is 17.8 Å². The van der Waals surface area contributed by atoms with Gasteiger partial charge in [0, 0.05) is 6.20 Å². The van der Waals surface area contributed by atoms with Crippen molar-refractivity contribution in [3.05, 3.63) is 28.8 Å². The SMILES string of the molecule is CC(n1ncc2[nH]ccc2c1=O)C(F)(F)F. The van der Waals surface area contributed by atoms with Crippen molar-refractivity contribution < 1.29 is 13.2 Å². The molecule has 0 saturated heterocycles. The zero-order valence-electron chi connectivity index (χ0n) is 8.25. The Morgan fingerprint density at radius 3 is 2.81 bits per heavy atom. The van der Waals surface area contributed by atoms with Crippen molar-refractivity contribution in [3.63, 3.8) is 0 Å². The quantitative estimate of drug-likeness (QED) is 0.814. The first-order valence-corrected chi connectivity index (χ1v) is 4.53. The number of fused-ring (bicyclic) bond motifs is 1. The van der Waals surface area contributed by atoms with Gasteiger partial charge in [0.05, 0.1) is 17.1 Å². The number of halogens is 3. The summed E-state index contributed by atoms with van der Waals surface area (Å²) in [6.07, 6.45) is -1.80. The number of aromatic nitrogens is 3. The van der Waals surface area contributed by atoms with Crippen molar-refractivity contribution in [2.75, 3.05) is 0 Å². The predicted octanol–water partition coefficient (Wildman–Crippen LogP) is 1.85. The van der Waals surface area contributed by atoms with Gasteiger partial charge in [0.25, 0.3) is 5.56 Å². The van der Waals surface area contributed by atoms with E-state index in [-0.39, 0.29) is 5.39 Å². The maximum atomic E-state index is 12.4. The molecule has 4 nitrogen and oxygen atoms in total. The van der Waals surface area contributed by atoms with E-state index in [0.717, 1.165) is 6.92 Å². The summed E-state index contributed by atoms with van der Waals surface area (Å²) < 4.78 is 37.7. The zero-order valence-corrected chi connectivity index (χ0v) is 8.25. The first-order valence-electron chi connectivity index (χ1n) is 4.53. The molecule has 2 aromatic heterocycles.